The predicted molar refractivity (Wildman–Crippen MR) is 83.5 cm³/mol. The Labute approximate surface area is 128 Å². The minimum absolute atomic E-state index is 0.0525. The maximum atomic E-state index is 11.6. The van der Waals surface area contributed by atoms with E-state index in [1.165, 1.54) is 6.08 Å². The fraction of sp³-hybridized carbons (Fsp3) is 0.188. The van der Waals surface area contributed by atoms with Gasteiger partial charge in [0.15, 0.2) is 0 Å². The van der Waals surface area contributed by atoms with E-state index in [0.717, 1.165) is 11.1 Å². The zero-order chi connectivity index (χ0) is 15.8. The summed E-state index contributed by atoms with van der Waals surface area (Å²) in [6.07, 6.45) is 6.46. The molecule has 0 fully saturated rings. The van der Waals surface area contributed by atoms with Crippen LogP contribution in [0.5, 0.6) is 0 Å². The zero-order valence-corrected chi connectivity index (χ0v) is 12.3. The predicted octanol–water partition coefficient (Wildman–Crippen LogP) is 0.866. The molecule has 6 heteroatoms. The molecule has 0 radical (unpaired) electrons. The SMILES string of the molecule is Cn1cc(C=CC(=O)NCC(=O)NCc2ccccc2)cn1. The number of hydrogen-bond acceptors (Lipinski definition) is 3. The molecule has 6 nitrogen and oxygen atoms in total. The molecule has 2 amide bonds. The van der Waals surface area contributed by atoms with Gasteiger partial charge < -0.3 is 10.6 Å². The first-order valence-corrected chi connectivity index (χ1v) is 6.88. The number of aryl methyl sites for hydroxylation is 1. The van der Waals surface area contributed by atoms with Crippen molar-refractivity contribution in [3.05, 3.63) is 59.9 Å². The van der Waals surface area contributed by atoms with Crippen molar-refractivity contribution in [3.63, 3.8) is 0 Å². The minimum Gasteiger partial charge on any atom is -0.350 e. The lowest BCUT2D eigenvalue weighted by molar-refractivity contribution is -0.124. The maximum absolute atomic E-state index is 11.6. The van der Waals surface area contributed by atoms with E-state index in [1.807, 2.05) is 30.3 Å². The summed E-state index contributed by atoms with van der Waals surface area (Å²) < 4.78 is 1.65. The van der Waals surface area contributed by atoms with Gasteiger partial charge in [0.1, 0.15) is 0 Å². The van der Waals surface area contributed by atoms with Gasteiger partial charge >= 0.3 is 0 Å². The van der Waals surface area contributed by atoms with Crippen molar-refractivity contribution in [2.75, 3.05) is 6.54 Å². The number of hydrogen-bond donors (Lipinski definition) is 2. The molecule has 1 aromatic carbocycles. The van der Waals surface area contributed by atoms with Gasteiger partial charge in [0.25, 0.3) is 0 Å². The molecular weight excluding hydrogens is 280 g/mol. The Hall–Kier alpha value is -2.89. The molecule has 2 N–H and O–H groups in total. The van der Waals surface area contributed by atoms with Crippen LogP contribution in [0.15, 0.2) is 48.8 Å². The van der Waals surface area contributed by atoms with Crippen molar-refractivity contribution < 1.29 is 9.59 Å². The molecule has 1 aromatic heterocycles. The van der Waals surface area contributed by atoms with E-state index in [1.54, 1.807) is 30.2 Å². The van der Waals surface area contributed by atoms with E-state index in [-0.39, 0.29) is 18.4 Å². The summed E-state index contributed by atoms with van der Waals surface area (Å²) in [4.78, 5) is 23.2. The largest absolute Gasteiger partial charge is 0.350 e. The smallest absolute Gasteiger partial charge is 0.244 e. The lowest BCUT2D eigenvalue weighted by atomic mass is 10.2. The summed E-state index contributed by atoms with van der Waals surface area (Å²) in [6.45, 7) is 0.393. The van der Waals surface area contributed by atoms with E-state index in [0.29, 0.717) is 6.54 Å². The number of nitrogens with zero attached hydrogens (tertiary/aromatic N) is 2. The van der Waals surface area contributed by atoms with Gasteiger partial charge in [0.2, 0.25) is 11.8 Å². The second-order valence-corrected chi connectivity index (χ2v) is 4.76. The molecule has 22 heavy (non-hydrogen) atoms. The second kappa shape index (κ2) is 7.78. The monoisotopic (exact) mass is 298 g/mol. The first-order valence-electron chi connectivity index (χ1n) is 6.88. The van der Waals surface area contributed by atoms with E-state index >= 15 is 0 Å². The van der Waals surface area contributed by atoms with Crippen molar-refractivity contribution in [3.8, 4) is 0 Å². The second-order valence-electron chi connectivity index (χ2n) is 4.76. The quantitative estimate of drug-likeness (QED) is 0.777. The average molecular weight is 298 g/mol. The summed E-state index contributed by atoms with van der Waals surface area (Å²) in [7, 11) is 1.80. The van der Waals surface area contributed by atoms with E-state index in [4.69, 9.17) is 0 Å². The summed E-state index contributed by atoms with van der Waals surface area (Å²) in [5.41, 5.74) is 1.84. The minimum atomic E-state index is -0.321. The number of amides is 2. The van der Waals surface area contributed by atoms with Crippen LogP contribution in [0.25, 0.3) is 6.08 Å². The molecule has 0 unspecified atom stereocenters. The van der Waals surface area contributed by atoms with Crippen LogP contribution in [0, 0.1) is 0 Å². The van der Waals surface area contributed by atoms with E-state index in [9.17, 15) is 9.59 Å². The number of carbonyl (C=O) groups excluding carboxylic acids is 2. The van der Waals surface area contributed by atoms with Crippen molar-refractivity contribution in [1.29, 1.82) is 0 Å². The molecule has 1 heterocycles. The highest BCUT2D eigenvalue weighted by Gasteiger charge is 2.03. The molecule has 0 saturated heterocycles. The Morgan fingerprint density at radius 1 is 1.23 bits per heavy atom. The molecule has 0 atom stereocenters. The van der Waals surface area contributed by atoms with Crippen LogP contribution in [-0.4, -0.2) is 28.1 Å². The topological polar surface area (TPSA) is 76.0 Å². The van der Waals surface area contributed by atoms with Gasteiger partial charge in [-0.3, -0.25) is 14.3 Å². The summed E-state index contributed by atoms with van der Waals surface area (Å²) >= 11 is 0. The molecule has 0 bridgehead atoms. The lowest BCUT2D eigenvalue weighted by Crippen LogP contribution is -2.35. The van der Waals surface area contributed by atoms with Crippen LogP contribution in [0.1, 0.15) is 11.1 Å². The first-order chi connectivity index (χ1) is 10.6. The molecule has 2 rings (SSSR count). The number of rotatable bonds is 6. The van der Waals surface area contributed by atoms with E-state index in [2.05, 4.69) is 15.7 Å². The highest BCUT2D eigenvalue weighted by molar-refractivity contribution is 5.94. The number of aromatic nitrogens is 2. The Kier molecular flexibility index (Phi) is 5.48. The molecular formula is C16H18N4O2. The van der Waals surface area contributed by atoms with Crippen LogP contribution < -0.4 is 10.6 Å². The van der Waals surface area contributed by atoms with Gasteiger partial charge in [-0.2, -0.15) is 5.10 Å². The highest BCUT2D eigenvalue weighted by atomic mass is 16.2. The van der Waals surface area contributed by atoms with E-state index < -0.39 is 0 Å². The van der Waals surface area contributed by atoms with Crippen LogP contribution >= 0.6 is 0 Å². The first kappa shape index (κ1) is 15.5. The van der Waals surface area contributed by atoms with Gasteiger partial charge in [0.05, 0.1) is 12.7 Å². The lowest BCUT2D eigenvalue weighted by Gasteiger charge is -2.05. The Morgan fingerprint density at radius 3 is 2.68 bits per heavy atom. The number of carbonyl (C=O) groups is 2. The third-order valence-electron chi connectivity index (χ3n) is 2.91. The Balaban J connectivity index is 1.69. The van der Waals surface area contributed by atoms with Crippen LogP contribution in [0.2, 0.25) is 0 Å². The molecule has 0 saturated carbocycles. The van der Waals surface area contributed by atoms with Gasteiger partial charge in [-0.25, -0.2) is 0 Å². The molecule has 0 aliphatic carbocycles. The fourth-order valence-electron chi connectivity index (χ4n) is 1.78. The van der Waals surface area contributed by atoms with Gasteiger partial charge in [-0.15, -0.1) is 0 Å². The normalized spacial score (nSPS) is 10.6. The maximum Gasteiger partial charge on any atom is 0.244 e. The Bertz CT molecular complexity index is 662. The summed E-state index contributed by atoms with van der Waals surface area (Å²) in [5.74, 6) is -0.550. The Morgan fingerprint density at radius 2 is 2.00 bits per heavy atom. The highest BCUT2D eigenvalue weighted by Crippen LogP contribution is 1.98. The third kappa shape index (κ3) is 5.24. The van der Waals surface area contributed by atoms with Gasteiger partial charge in [-0.05, 0) is 11.6 Å². The molecule has 2 aromatic rings. The van der Waals surface area contributed by atoms with Crippen LogP contribution in [0.3, 0.4) is 0 Å². The molecule has 0 spiro atoms. The molecule has 0 aliphatic rings. The van der Waals surface area contributed by atoms with Crippen molar-refractivity contribution in [2.45, 2.75) is 6.54 Å². The van der Waals surface area contributed by atoms with Crippen LogP contribution in [-0.2, 0) is 23.2 Å². The molecule has 0 aliphatic heterocycles. The zero-order valence-electron chi connectivity index (χ0n) is 12.3. The average Bonchev–Trinajstić information content (AvgIpc) is 2.95. The third-order valence-corrected chi connectivity index (χ3v) is 2.91. The van der Waals surface area contributed by atoms with Crippen molar-refractivity contribution in [2.24, 2.45) is 7.05 Å². The standard InChI is InChI=1S/C16H18N4O2/c1-20-12-14(10-19-20)7-8-15(21)18-11-16(22)17-9-13-5-3-2-4-6-13/h2-8,10,12H,9,11H2,1H3,(H,17,22)(H,18,21). The fourth-order valence-corrected chi connectivity index (χ4v) is 1.78. The summed E-state index contributed by atoms with van der Waals surface area (Å²) in [6, 6.07) is 9.59. The molecule has 114 valence electrons. The number of nitrogens with one attached hydrogen (secondary N) is 2. The van der Waals surface area contributed by atoms with Crippen molar-refractivity contribution in [1.82, 2.24) is 20.4 Å². The number of benzene rings is 1. The van der Waals surface area contributed by atoms with Crippen molar-refractivity contribution >= 4 is 17.9 Å². The summed E-state index contributed by atoms with van der Waals surface area (Å²) in [5, 5.41) is 9.26. The van der Waals surface area contributed by atoms with Gasteiger partial charge in [-0.1, -0.05) is 30.3 Å². The van der Waals surface area contributed by atoms with Crippen LogP contribution in [0.4, 0.5) is 0 Å². The van der Waals surface area contributed by atoms with Gasteiger partial charge in [0, 0.05) is 31.4 Å².